The largest absolute Gasteiger partial charge is 0.490 e. The van der Waals surface area contributed by atoms with Crippen LogP contribution in [0.5, 0.6) is 0 Å². The number of alkyl halides is 3. The molecule has 16 atom stereocenters. The van der Waals surface area contributed by atoms with Gasteiger partial charge in [0.15, 0.2) is 0 Å². The Morgan fingerprint density at radius 1 is 0.395 bits per heavy atom. The van der Waals surface area contributed by atoms with Crippen LogP contribution >= 0.6 is 0 Å². The lowest BCUT2D eigenvalue weighted by atomic mass is 9.96. The smallest absolute Gasteiger partial charge is 0.481 e. The number of aromatic amines is 1. The number of hydrogen-bond acceptors (Lipinski definition) is 22. The van der Waals surface area contributed by atoms with Gasteiger partial charge >= 0.3 is 24.1 Å². The number of aliphatic carboxylic acids is 3. The first kappa shape index (κ1) is 111. The number of fused-ring (bicyclic) bond motifs is 1. The van der Waals surface area contributed by atoms with E-state index in [1.807, 2.05) is 13.8 Å². The number of aromatic nitrogens is 1. The highest BCUT2D eigenvalue weighted by Gasteiger charge is 2.41. The minimum absolute atomic E-state index is 0.0513. The molecule has 0 radical (unpaired) electrons. The van der Waals surface area contributed by atoms with Gasteiger partial charge in [0.05, 0.1) is 18.9 Å². The van der Waals surface area contributed by atoms with Crippen LogP contribution in [0.15, 0.2) is 30.5 Å². The number of H-pyrrole nitrogens is 1. The fourth-order valence-corrected chi connectivity index (χ4v) is 12.4. The lowest BCUT2D eigenvalue weighted by Crippen LogP contribution is -2.61. The summed E-state index contributed by atoms with van der Waals surface area (Å²) in [6.07, 6.45) is -3.76. The zero-order valence-corrected chi connectivity index (χ0v) is 72.7. The maximum absolute atomic E-state index is 14.8. The molecule has 0 aliphatic rings. The molecule has 44 heteroatoms. The molecule has 124 heavy (non-hydrogen) atoms. The summed E-state index contributed by atoms with van der Waals surface area (Å²) < 4.78 is 31.7. The normalized spacial score (nSPS) is 15.2. The topological polar surface area (TPSA) is 696 Å². The molecule has 41 nitrogen and oxygen atoms in total. The van der Waals surface area contributed by atoms with Gasteiger partial charge in [-0.1, -0.05) is 100 Å². The Balaban J connectivity index is 0.0000105. The van der Waals surface area contributed by atoms with Crippen molar-refractivity contribution < 1.29 is 115 Å². The second-order valence-electron chi connectivity index (χ2n) is 32.1. The zero-order valence-electron chi connectivity index (χ0n) is 72.7. The first-order chi connectivity index (χ1) is 58.0. The molecule has 700 valence electrons. The number of amides is 15. The number of carbonyl (C=O) groups is 18. The number of carbonyl (C=O) groups excluding carboxylic acids is 15. The van der Waals surface area contributed by atoms with Crippen LogP contribution in [0.25, 0.3) is 10.9 Å². The number of hydrogen-bond donors (Lipinski definition) is 23. The summed E-state index contributed by atoms with van der Waals surface area (Å²) in [6, 6.07) is -13.2. The second-order valence-corrected chi connectivity index (χ2v) is 32.1. The highest BCUT2D eigenvalue weighted by atomic mass is 19.4. The molecule has 0 aliphatic carbocycles. The highest BCUT2D eigenvalue weighted by Crippen LogP contribution is 2.22. The van der Waals surface area contributed by atoms with Crippen LogP contribution in [0.4, 0.5) is 13.2 Å². The fourth-order valence-electron chi connectivity index (χ4n) is 12.4. The summed E-state index contributed by atoms with van der Waals surface area (Å²) in [5.41, 5.74) is 35.9. The summed E-state index contributed by atoms with van der Waals surface area (Å²) in [5, 5.41) is 60.9. The maximum atomic E-state index is 14.8. The highest BCUT2D eigenvalue weighted by molar-refractivity contribution is 6.01. The molecular weight excluding hydrogens is 1630 g/mol. The predicted molar refractivity (Wildman–Crippen MR) is 448 cm³/mol. The van der Waals surface area contributed by atoms with Gasteiger partial charge in [-0.2, -0.15) is 13.2 Å². The van der Waals surface area contributed by atoms with E-state index in [-0.39, 0.29) is 114 Å². The molecule has 0 saturated heterocycles. The molecule has 1 aromatic carbocycles. The van der Waals surface area contributed by atoms with Crippen molar-refractivity contribution in [3.05, 3.63) is 36.0 Å². The monoisotopic (exact) mass is 1770 g/mol. The number of nitrogens with one attached hydrogen (secondary N) is 14. The van der Waals surface area contributed by atoms with E-state index in [1.165, 1.54) is 13.8 Å². The predicted octanol–water partition coefficient (Wildman–Crippen LogP) is -1.67. The third-order valence-corrected chi connectivity index (χ3v) is 20.0. The number of unbranched alkanes of at least 4 members (excludes halogenated alkanes) is 3. The number of benzene rings is 1. The van der Waals surface area contributed by atoms with Crippen LogP contribution in [0, 0.1) is 29.6 Å². The van der Waals surface area contributed by atoms with Crippen molar-refractivity contribution in [2.45, 2.75) is 296 Å². The number of primary amides is 2. The molecular formula is C80H133F3N20O21. The van der Waals surface area contributed by atoms with Crippen LogP contribution in [0.3, 0.4) is 0 Å². The lowest BCUT2D eigenvalue weighted by Gasteiger charge is -2.29. The van der Waals surface area contributed by atoms with Gasteiger partial charge in [-0.25, -0.2) is 4.79 Å². The van der Waals surface area contributed by atoms with Crippen molar-refractivity contribution in [3.63, 3.8) is 0 Å². The third-order valence-electron chi connectivity index (χ3n) is 20.0. The number of nitrogens with two attached hydrogens (primary N) is 6. The third kappa shape index (κ3) is 41.8. The van der Waals surface area contributed by atoms with Crippen LogP contribution in [0.2, 0.25) is 0 Å². The average Bonchev–Trinajstić information content (AvgIpc) is 1.64. The molecule has 2 aromatic rings. The summed E-state index contributed by atoms with van der Waals surface area (Å²) in [4.78, 5) is 245. The molecule has 0 spiro atoms. The van der Waals surface area contributed by atoms with Gasteiger partial charge in [0.25, 0.3) is 0 Å². The Morgan fingerprint density at radius 3 is 1.11 bits per heavy atom. The summed E-state index contributed by atoms with van der Waals surface area (Å²) >= 11 is 0. The Hall–Kier alpha value is -11.1. The van der Waals surface area contributed by atoms with Gasteiger partial charge in [0.2, 0.25) is 88.6 Å². The van der Waals surface area contributed by atoms with Gasteiger partial charge in [0.1, 0.15) is 78.5 Å². The van der Waals surface area contributed by atoms with Crippen LogP contribution in [-0.4, -0.2) is 237 Å². The number of halogens is 3. The van der Waals surface area contributed by atoms with Crippen molar-refractivity contribution in [2.24, 2.45) is 64.0 Å². The van der Waals surface area contributed by atoms with Gasteiger partial charge in [0, 0.05) is 29.9 Å². The van der Waals surface area contributed by atoms with E-state index in [1.54, 1.807) is 85.9 Å². The Morgan fingerprint density at radius 2 is 0.718 bits per heavy atom. The molecule has 1 heterocycles. The Kier molecular flexibility index (Phi) is 50.6. The Bertz CT molecular complexity index is 3890. The standard InChI is InChI=1S/C78H132N20O19.C2HF3O2/c1-13-43(9)63(83)77(116)97-59(38-62(102)103)76(115)95-57(36-47-39-85-49-24-16-15-23-48(47)49)75(114)90-51(26-18-21-31-80)69(108)89-52(27-19-22-32-81)70(109)93-55(34-41(5)6)73(112)94-56(35-42(7)8)74(113)96-58(37-61(100)101)72(111)87-45(11)66(105)86-46(12)67(106)88-50(25-17-20-30-79)68(107)91-53(28-29-60(82)99)71(110)98-64(44(10)14-2)78(117)92-54(65(84)104)33-40(3)4;3-2(4,5)1(6)7/h15-16,23-24,39-46,50-59,63-64,85H,13-14,17-22,25-38,79-81,83H2,1-12H3,(H2,82,99)(H2,84,104)(H,86,105)(H,87,111)(H,88,106)(H,89,108)(H,90,114)(H,91,107)(H,92,117)(H,93,109)(H,94,112)(H,95,115)(H,96,113)(H,97,116)(H,98,110)(H,100,101)(H,102,103);(H,6,7)/t43-,44-,45-,46-,50-,51-,52-,53-,54-,55-,56-,57-,58-,59-,63-,64-;/m0./s1. The van der Waals surface area contributed by atoms with E-state index < -0.39 is 222 Å². The maximum Gasteiger partial charge on any atom is 0.490 e. The van der Waals surface area contributed by atoms with E-state index in [0.717, 1.165) is 0 Å². The van der Waals surface area contributed by atoms with Crippen molar-refractivity contribution in [3.8, 4) is 0 Å². The second kappa shape index (κ2) is 56.6. The summed E-state index contributed by atoms with van der Waals surface area (Å²) in [5.74, 6) is -21.2. The lowest BCUT2D eigenvalue weighted by molar-refractivity contribution is -0.192. The van der Waals surface area contributed by atoms with Gasteiger partial charge < -0.3 is 124 Å². The van der Waals surface area contributed by atoms with Crippen molar-refractivity contribution in [1.29, 1.82) is 0 Å². The molecule has 15 amide bonds. The van der Waals surface area contributed by atoms with E-state index in [2.05, 4.69) is 74.1 Å². The quantitative estimate of drug-likeness (QED) is 0.0329. The van der Waals surface area contributed by atoms with Crippen molar-refractivity contribution in [2.75, 3.05) is 19.6 Å². The van der Waals surface area contributed by atoms with Crippen LogP contribution in [-0.2, 0) is 92.7 Å². The van der Waals surface area contributed by atoms with E-state index >= 15 is 0 Å². The summed E-state index contributed by atoms with van der Waals surface area (Å²) in [6.45, 7) is 20.4. The van der Waals surface area contributed by atoms with Crippen molar-refractivity contribution >= 4 is 117 Å². The molecule has 0 saturated carbocycles. The SMILES string of the molecule is CC[C@H](C)[C@H](N)C(=O)N[C@@H](CC(=O)O)C(=O)N[C@@H](Cc1c[nH]c2ccccc12)C(=O)N[C@@H](CCCCN)C(=O)N[C@@H](CCCCN)C(=O)N[C@@H](CC(C)C)C(=O)N[C@@H](CC(C)C)C(=O)N[C@@H](CC(=O)O)C(=O)N[C@@H](C)C(=O)N[C@@H](C)C(=O)N[C@@H](CCCCN)C(=O)N[C@@H](CCC(N)=O)C(=O)N[C@H](C(=O)N[C@@H](CC(C)C)C(N)=O)[C@@H](C)CC.O=C(O)C(F)(F)F. The Labute approximate surface area is 719 Å². The number of carboxylic acid groups (broad SMARTS) is 3. The first-order valence-electron chi connectivity index (χ1n) is 41.6. The number of carboxylic acids is 3. The number of para-hydroxylation sites is 1. The van der Waals surface area contributed by atoms with Crippen molar-refractivity contribution in [1.82, 2.24) is 74.1 Å². The molecule has 2 rings (SSSR count). The minimum Gasteiger partial charge on any atom is -0.481 e. The van der Waals surface area contributed by atoms with Gasteiger partial charge in [-0.3, -0.25) is 81.5 Å². The van der Waals surface area contributed by atoms with E-state index in [4.69, 9.17) is 44.3 Å². The zero-order chi connectivity index (χ0) is 94.6. The molecule has 0 bridgehead atoms. The molecule has 0 unspecified atom stereocenters. The van der Waals surface area contributed by atoms with E-state index in [0.29, 0.717) is 48.6 Å². The first-order valence-corrected chi connectivity index (χ1v) is 41.6. The van der Waals surface area contributed by atoms with Crippen LogP contribution < -0.4 is 104 Å². The number of rotatable bonds is 58. The van der Waals surface area contributed by atoms with Crippen LogP contribution in [0.1, 0.15) is 204 Å². The molecule has 29 N–H and O–H groups in total. The van der Waals surface area contributed by atoms with E-state index in [9.17, 15) is 105 Å². The molecule has 1 aromatic heterocycles. The molecule has 0 fully saturated rings. The minimum atomic E-state index is -5.08. The fraction of sp³-hybridized carbons (Fsp3) is 0.675. The average molecular weight is 1770 g/mol. The summed E-state index contributed by atoms with van der Waals surface area (Å²) in [7, 11) is 0. The van der Waals surface area contributed by atoms with Gasteiger partial charge in [-0.05, 0) is 158 Å². The van der Waals surface area contributed by atoms with Gasteiger partial charge in [-0.15, -0.1) is 0 Å². The molecule has 0 aliphatic heterocycles.